The van der Waals surface area contributed by atoms with Crippen LogP contribution < -0.4 is 0 Å². The molecular formula is C30H30Cl2N6O2S2. The molecule has 0 radical (unpaired) electrons. The molecule has 0 aliphatic carbocycles. The van der Waals surface area contributed by atoms with E-state index in [9.17, 15) is 10.2 Å². The molecular weight excluding hydrogens is 611 g/mol. The van der Waals surface area contributed by atoms with E-state index in [4.69, 9.17) is 43.1 Å². The van der Waals surface area contributed by atoms with Gasteiger partial charge in [0.05, 0.1) is 57.4 Å². The number of β-amino-alcohol motifs (C(OH)–C–C–N with tert-alkyl or cyclic N) is 2. The first-order valence-electron chi connectivity index (χ1n) is 13.5. The van der Waals surface area contributed by atoms with E-state index >= 15 is 0 Å². The van der Waals surface area contributed by atoms with Crippen LogP contribution in [0.2, 0.25) is 10.0 Å². The lowest BCUT2D eigenvalue weighted by molar-refractivity contribution is -0.00431. The Balaban J connectivity index is 1.30. The van der Waals surface area contributed by atoms with E-state index in [2.05, 4.69) is 9.80 Å². The van der Waals surface area contributed by atoms with Crippen molar-refractivity contribution >= 4 is 46.7 Å². The first kappa shape index (κ1) is 29.8. The van der Waals surface area contributed by atoms with Gasteiger partial charge in [-0.15, -0.1) is 23.5 Å². The summed E-state index contributed by atoms with van der Waals surface area (Å²) in [5, 5.41) is 22.0. The summed E-state index contributed by atoms with van der Waals surface area (Å²) in [4.78, 5) is 23.5. The van der Waals surface area contributed by atoms with Gasteiger partial charge in [0, 0.05) is 61.5 Å². The van der Waals surface area contributed by atoms with Crippen molar-refractivity contribution in [2.45, 2.75) is 35.3 Å². The summed E-state index contributed by atoms with van der Waals surface area (Å²) in [7, 11) is 0. The molecule has 2 aliphatic heterocycles. The Hall–Kier alpha value is -2.28. The molecule has 218 valence electrons. The molecule has 2 aromatic heterocycles. The van der Waals surface area contributed by atoms with Crippen molar-refractivity contribution in [2.75, 3.05) is 38.7 Å². The highest BCUT2D eigenvalue weighted by molar-refractivity contribution is 7.98. The summed E-state index contributed by atoms with van der Waals surface area (Å²) in [6.07, 6.45) is 6.98. The lowest BCUT2D eigenvalue weighted by Gasteiger charge is -2.35. The molecule has 2 fully saturated rings. The number of nitrogens with zero attached hydrogens (tertiary/aromatic N) is 6. The lowest BCUT2D eigenvalue weighted by atomic mass is 9.98. The van der Waals surface area contributed by atoms with E-state index in [1.807, 2.05) is 48.9 Å². The molecule has 42 heavy (non-hydrogen) atoms. The third-order valence-electron chi connectivity index (χ3n) is 7.47. The summed E-state index contributed by atoms with van der Waals surface area (Å²) >= 11 is 17.2. The second-order valence-electron chi connectivity index (χ2n) is 10.5. The van der Waals surface area contributed by atoms with Gasteiger partial charge in [-0.1, -0.05) is 59.6 Å². The maximum atomic E-state index is 9.63. The zero-order valence-electron chi connectivity index (χ0n) is 23.2. The molecule has 4 aromatic rings. The topological polar surface area (TPSA) is 98.5 Å². The van der Waals surface area contributed by atoms with Gasteiger partial charge in [-0.3, -0.25) is 19.8 Å². The number of aliphatic hydroxyl groups is 2. The maximum Gasteiger partial charge on any atom is 0.119 e. The lowest BCUT2D eigenvalue weighted by Crippen LogP contribution is -2.50. The van der Waals surface area contributed by atoms with Crippen LogP contribution in [0, 0.1) is 0 Å². The first-order chi connectivity index (χ1) is 20.3. The van der Waals surface area contributed by atoms with Gasteiger partial charge in [0.1, 0.15) is 10.1 Å². The molecule has 2 aliphatic rings. The van der Waals surface area contributed by atoms with E-state index < -0.39 is 0 Å². The number of thioether (sulfide) groups is 2. The molecule has 2 aromatic carbocycles. The summed E-state index contributed by atoms with van der Waals surface area (Å²) in [5.74, 6) is 0. The smallest absolute Gasteiger partial charge is 0.119 e. The van der Waals surface area contributed by atoms with Crippen LogP contribution in [-0.4, -0.2) is 90.8 Å². The minimum Gasteiger partial charge on any atom is -0.390 e. The third-order valence-corrected chi connectivity index (χ3v) is 9.71. The van der Waals surface area contributed by atoms with Crippen molar-refractivity contribution < 1.29 is 10.2 Å². The van der Waals surface area contributed by atoms with Gasteiger partial charge in [-0.2, -0.15) is 0 Å². The number of aliphatic hydroxyl groups excluding tert-OH is 2. The van der Waals surface area contributed by atoms with Gasteiger partial charge in [-0.05, 0) is 12.5 Å². The molecule has 0 saturated carbocycles. The molecule has 0 spiro atoms. The van der Waals surface area contributed by atoms with Crippen LogP contribution in [0.3, 0.4) is 0 Å². The van der Waals surface area contributed by atoms with Crippen molar-refractivity contribution in [2.24, 2.45) is 0 Å². The number of halogens is 2. The number of likely N-dealkylation sites (tertiary alicyclic amines) is 2. The Bertz CT molecular complexity index is 1500. The second-order valence-corrected chi connectivity index (χ2v) is 12.8. The van der Waals surface area contributed by atoms with Crippen LogP contribution in [0.1, 0.15) is 11.4 Å². The minimum atomic E-state index is -0.258. The second kappa shape index (κ2) is 12.8. The van der Waals surface area contributed by atoms with Crippen LogP contribution in [0.4, 0.5) is 0 Å². The zero-order valence-corrected chi connectivity index (χ0v) is 26.3. The fourth-order valence-corrected chi connectivity index (χ4v) is 6.97. The van der Waals surface area contributed by atoms with E-state index in [1.54, 1.807) is 35.9 Å². The summed E-state index contributed by atoms with van der Waals surface area (Å²) in [6.45, 7) is 3.93. The van der Waals surface area contributed by atoms with Crippen molar-refractivity contribution in [3.8, 4) is 33.6 Å². The van der Waals surface area contributed by atoms with Crippen LogP contribution in [-0.2, 0) is 13.1 Å². The summed E-state index contributed by atoms with van der Waals surface area (Å²) in [6, 6.07) is 11.7. The molecule has 6 rings (SSSR count). The highest BCUT2D eigenvalue weighted by Gasteiger charge is 2.27. The SMILES string of the molecule is CSc1nc(-c2cccc(-c3cccc(-c4cnc(CN5CC(O)C5)c(SC)n4)c3Cl)c2Cl)cnc1CN1CC(O)C1. The average Bonchev–Trinajstić information content (AvgIpc) is 2.96. The maximum absolute atomic E-state index is 9.63. The van der Waals surface area contributed by atoms with E-state index in [0.717, 1.165) is 43.7 Å². The minimum absolute atomic E-state index is 0.258. The van der Waals surface area contributed by atoms with Crippen LogP contribution >= 0.6 is 46.7 Å². The molecule has 0 atom stereocenters. The van der Waals surface area contributed by atoms with Gasteiger partial charge in [-0.25, -0.2) is 9.97 Å². The van der Waals surface area contributed by atoms with Gasteiger partial charge < -0.3 is 10.2 Å². The van der Waals surface area contributed by atoms with Gasteiger partial charge in [0.25, 0.3) is 0 Å². The van der Waals surface area contributed by atoms with Gasteiger partial charge in [0.2, 0.25) is 0 Å². The molecule has 8 nitrogen and oxygen atoms in total. The molecule has 12 heteroatoms. The third kappa shape index (κ3) is 6.05. The number of hydrogen-bond acceptors (Lipinski definition) is 10. The Morgan fingerprint density at radius 3 is 1.43 bits per heavy atom. The monoisotopic (exact) mass is 640 g/mol. The van der Waals surface area contributed by atoms with Crippen molar-refractivity contribution in [1.82, 2.24) is 29.7 Å². The highest BCUT2D eigenvalue weighted by atomic mass is 35.5. The number of benzene rings is 2. The molecule has 4 heterocycles. The molecule has 0 bridgehead atoms. The van der Waals surface area contributed by atoms with Crippen LogP contribution in [0.5, 0.6) is 0 Å². The predicted molar refractivity (Wildman–Crippen MR) is 170 cm³/mol. The number of rotatable bonds is 9. The normalized spacial score (nSPS) is 16.4. The van der Waals surface area contributed by atoms with E-state index in [-0.39, 0.29) is 12.2 Å². The largest absolute Gasteiger partial charge is 0.390 e. The standard InChI is InChI=1S/C30H30Cl2N6O2S2/c1-41-29-25(15-37-11-17(39)12-37)33-9-23(35-29)21-7-3-5-19(27(21)31)20-6-4-8-22(28(20)32)24-10-34-26(30(36-24)42-2)16-38-13-18(40)14-38/h3-10,17-18,39-40H,11-16H2,1-2H3. The zero-order chi connectivity index (χ0) is 29.4. The van der Waals surface area contributed by atoms with Crippen LogP contribution in [0.25, 0.3) is 33.6 Å². The van der Waals surface area contributed by atoms with Crippen molar-refractivity contribution in [3.05, 3.63) is 70.2 Å². The van der Waals surface area contributed by atoms with Crippen LogP contribution in [0.15, 0.2) is 58.8 Å². The first-order valence-corrected chi connectivity index (χ1v) is 16.7. The molecule has 0 unspecified atom stereocenters. The quantitative estimate of drug-likeness (QED) is 0.232. The fraction of sp³-hybridized carbons (Fsp3) is 0.333. The number of hydrogen-bond donors (Lipinski definition) is 2. The average molecular weight is 642 g/mol. The molecule has 0 amide bonds. The molecule has 2 N–H and O–H groups in total. The van der Waals surface area contributed by atoms with Gasteiger partial charge >= 0.3 is 0 Å². The van der Waals surface area contributed by atoms with Crippen molar-refractivity contribution in [3.63, 3.8) is 0 Å². The van der Waals surface area contributed by atoms with Gasteiger partial charge in [0.15, 0.2) is 0 Å². The number of aromatic nitrogens is 4. The predicted octanol–water partition coefficient (Wildman–Crippen LogP) is 5.37. The van der Waals surface area contributed by atoms with E-state index in [1.165, 1.54) is 0 Å². The Morgan fingerprint density at radius 2 is 1.07 bits per heavy atom. The Morgan fingerprint density at radius 1 is 0.690 bits per heavy atom. The Kier molecular flexibility index (Phi) is 9.04. The summed E-state index contributed by atoms with van der Waals surface area (Å²) in [5.41, 5.74) is 6.28. The molecule has 2 saturated heterocycles. The van der Waals surface area contributed by atoms with Crippen molar-refractivity contribution in [1.29, 1.82) is 0 Å². The van der Waals surface area contributed by atoms with E-state index in [0.29, 0.717) is 60.7 Å². The highest BCUT2D eigenvalue weighted by Crippen LogP contribution is 2.42. The fourth-order valence-electron chi connectivity index (χ4n) is 5.24. The summed E-state index contributed by atoms with van der Waals surface area (Å²) < 4.78 is 0. The Labute approximate surface area is 263 Å².